The summed E-state index contributed by atoms with van der Waals surface area (Å²) >= 11 is 0. The van der Waals surface area contributed by atoms with Crippen molar-refractivity contribution in [3.63, 3.8) is 0 Å². The molecule has 0 atom stereocenters. The van der Waals surface area contributed by atoms with Gasteiger partial charge in [0.05, 0.1) is 5.41 Å². The summed E-state index contributed by atoms with van der Waals surface area (Å²) in [6, 6.07) is 17.7. The Balaban J connectivity index is 2.15. The van der Waals surface area contributed by atoms with E-state index < -0.39 is 5.41 Å². The van der Waals surface area contributed by atoms with Crippen LogP contribution in [0, 0.1) is 0 Å². The van der Waals surface area contributed by atoms with Crippen LogP contribution in [-0.4, -0.2) is 13.0 Å². The molecular weight excluding hydrogens is 260 g/mol. The number of rotatable bonds is 5. The number of carbonyl (C=O) groups excluding carboxylic acids is 1. The average molecular weight is 282 g/mol. The highest BCUT2D eigenvalue weighted by molar-refractivity contribution is 5.98. The van der Waals surface area contributed by atoms with Crippen LogP contribution < -0.4 is 10.6 Å². The van der Waals surface area contributed by atoms with Crippen molar-refractivity contribution in [1.82, 2.24) is 5.32 Å². The van der Waals surface area contributed by atoms with Crippen molar-refractivity contribution >= 4 is 11.6 Å². The predicted octanol–water partition coefficient (Wildman–Crippen LogP) is 3.32. The van der Waals surface area contributed by atoms with Crippen molar-refractivity contribution < 1.29 is 4.79 Å². The maximum atomic E-state index is 12.6. The number of carbonyl (C=O) groups is 1. The molecule has 0 unspecified atom stereocenters. The second kappa shape index (κ2) is 6.55. The van der Waals surface area contributed by atoms with Gasteiger partial charge in [-0.3, -0.25) is 4.79 Å². The van der Waals surface area contributed by atoms with Crippen molar-refractivity contribution in [2.45, 2.75) is 25.8 Å². The molecule has 0 bridgehead atoms. The molecule has 0 aliphatic heterocycles. The lowest BCUT2D eigenvalue weighted by molar-refractivity contribution is -0.120. The highest BCUT2D eigenvalue weighted by Crippen LogP contribution is 2.25. The third kappa shape index (κ3) is 3.70. The second-order valence-electron chi connectivity index (χ2n) is 5.68. The van der Waals surface area contributed by atoms with E-state index >= 15 is 0 Å². The summed E-state index contributed by atoms with van der Waals surface area (Å²) < 4.78 is 0. The Labute approximate surface area is 126 Å². The molecule has 3 heteroatoms. The lowest BCUT2D eigenvalue weighted by atomic mass is 9.83. The zero-order valence-corrected chi connectivity index (χ0v) is 12.8. The van der Waals surface area contributed by atoms with E-state index in [1.807, 2.05) is 75.5 Å². The van der Waals surface area contributed by atoms with Gasteiger partial charge in [-0.25, -0.2) is 0 Å². The third-order valence-electron chi connectivity index (χ3n) is 3.63. The molecule has 0 saturated heterocycles. The maximum Gasteiger partial charge on any atom is 0.234 e. The Morgan fingerprint density at radius 3 is 2.43 bits per heavy atom. The molecule has 2 aromatic carbocycles. The van der Waals surface area contributed by atoms with Gasteiger partial charge in [0.15, 0.2) is 0 Å². The first-order valence-electron chi connectivity index (χ1n) is 7.14. The van der Waals surface area contributed by atoms with Crippen molar-refractivity contribution in [2.24, 2.45) is 0 Å². The van der Waals surface area contributed by atoms with E-state index in [1.165, 1.54) is 0 Å². The molecule has 0 radical (unpaired) electrons. The monoisotopic (exact) mass is 282 g/mol. The van der Waals surface area contributed by atoms with Crippen molar-refractivity contribution in [3.05, 3.63) is 65.7 Å². The zero-order chi connectivity index (χ0) is 15.3. The third-order valence-corrected chi connectivity index (χ3v) is 3.63. The van der Waals surface area contributed by atoms with Crippen LogP contribution in [0.2, 0.25) is 0 Å². The van der Waals surface area contributed by atoms with Crippen LogP contribution in [0.5, 0.6) is 0 Å². The highest BCUT2D eigenvalue weighted by Gasteiger charge is 2.29. The summed E-state index contributed by atoms with van der Waals surface area (Å²) in [6.45, 7) is 4.66. The standard InChI is InChI=1S/C18H22N2O/c1-18(2,15-9-5-4-6-10-15)17(21)20-16-11-7-8-14(12-16)13-19-3/h4-12,19H,13H2,1-3H3,(H,20,21). The van der Waals surface area contributed by atoms with Crippen LogP contribution in [0.4, 0.5) is 5.69 Å². The van der Waals surface area contributed by atoms with Gasteiger partial charge in [-0.1, -0.05) is 42.5 Å². The maximum absolute atomic E-state index is 12.6. The Morgan fingerprint density at radius 2 is 1.76 bits per heavy atom. The molecule has 3 nitrogen and oxygen atoms in total. The van der Waals surface area contributed by atoms with E-state index in [0.29, 0.717) is 0 Å². The summed E-state index contributed by atoms with van der Waals surface area (Å²) in [5, 5.41) is 6.12. The highest BCUT2D eigenvalue weighted by atomic mass is 16.2. The summed E-state index contributed by atoms with van der Waals surface area (Å²) in [7, 11) is 1.91. The van der Waals surface area contributed by atoms with Gasteiger partial charge < -0.3 is 10.6 Å². The Kier molecular flexibility index (Phi) is 4.76. The number of nitrogens with one attached hydrogen (secondary N) is 2. The van der Waals surface area contributed by atoms with Gasteiger partial charge in [-0.15, -0.1) is 0 Å². The fourth-order valence-electron chi connectivity index (χ4n) is 2.24. The van der Waals surface area contributed by atoms with E-state index in [0.717, 1.165) is 23.4 Å². The first-order chi connectivity index (χ1) is 10.0. The average Bonchev–Trinajstić information content (AvgIpc) is 2.49. The largest absolute Gasteiger partial charge is 0.325 e. The van der Waals surface area contributed by atoms with E-state index in [4.69, 9.17) is 0 Å². The van der Waals surface area contributed by atoms with Crippen LogP contribution in [0.25, 0.3) is 0 Å². The lowest BCUT2D eigenvalue weighted by Gasteiger charge is -2.24. The molecule has 110 valence electrons. The molecule has 0 spiro atoms. The van der Waals surface area contributed by atoms with Crippen LogP contribution >= 0.6 is 0 Å². The van der Waals surface area contributed by atoms with E-state index in [-0.39, 0.29) is 5.91 Å². The van der Waals surface area contributed by atoms with Gasteiger partial charge in [0, 0.05) is 12.2 Å². The number of amides is 1. The zero-order valence-electron chi connectivity index (χ0n) is 12.8. The fourth-order valence-corrected chi connectivity index (χ4v) is 2.24. The molecule has 2 rings (SSSR count). The van der Waals surface area contributed by atoms with Gasteiger partial charge in [0.1, 0.15) is 0 Å². The minimum atomic E-state index is -0.569. The molecular formula is C18H22N2O. The summed E-state index contributed by atoms with van der Waals surface area (Å²) in [6.07, 6.45) is 0. The molecule has 0 aliphatic carbocycles. The van der Waals surface area contributed by atoms with Crippen molar-refractivity contribution in [1.29, 1.82) is 0 Å². The van der Waals surface area contributed by atoms with Gasteiger partial charge in [-0.05, 0) is 44.2 Å². The minimum absolute atomic E-state index is 0.00434. The van der Waals surface area contributed by atoms with Gasteiger partial charge in [0.2, 0.25) is 5.91 Å². The number of benzene rings is 2. The smallest absolute Gasteiger partial charge is 0.234 e. The van der Waals surface area contributed by atoms with Gasteiger partial charge >= 0.3 is 0 Å². The van der Waals surface area contributed by atoms with Gasteiger partial charge in [0.25, 0.3) is 0 Å². The first kappa shape index (κ1) is 15.3. The Bertz CT molecular complexity index is 606. The fraction of sp³-hybridized carbons (Fsp3) is 0.278. The Morgan fingerprint density at radius 1 is 1.05 bits per heavy atom. The molecule has 0 heterocycles. The second-order valence-corrected chi connectivity index (χ2v) is 5.68. The van der Waals surface area contributed by atoms with Crippen molar-refractivity contribution in [2.75, 3.05) is 12.4 Å². The Hall–Kier alpha value is -2.13. The molecule has 0 aliphatic rings. The molecule has 0 saturated carbocycles. The minimum Gasteiger partial charge on any atom is -0.325 e. The SMILES string of the molecule is CNCc1cccc(NC(=O)C(C)(C)c2ccccc2)c1. The van der Waals surface area contributed by atoms with Crippen molar-refractivity contribution in [3.8, 4) is 0 Å². The number of hydrogen-bond acceptors (Lipinski definition) is 2. The molecule has 2 N–H and O–H groups in total. The van der Waals surface area contributed by atoms with Crippen LogP contribution in [0.3, 0.4) is 0 Å². The lowest BCUT2D eigenvalue weighted by Crippen LogP contribution is -2.34. The molecule has 2 aromatic rings. The summed E-state index contributed by atoms with van der Waals surface area (Å²) in [5.41, 5.74) is 2.42. The topological polar surface area (TPSA) is 41.1 Å². The number of hydrogen-bond donors (Lipinski definition) is 2. The van der Waals surface area contributed by atoms with E-state index in [9.17, 15) is 4.79 Å². The van der Waals surface area contributed by atoms with E-state index in [2.05, 4.69) is 10.6 Å². The summed E-state index contributed by atoms with van der Waals surface area (Å²) in [5.74, 6) is -0.00434. The molecule has 21 heavy (non-hydrogen) atoms. The molecule has 0 fully saturated rings. The quantitative estimate of drug-likeness (QED) is 0.883. The molecule has 0 aromatic heterocycles. The predicted molar refractivity (Wildman–Crippen MR) is 87.3 cm³/mol. The van der Waals surface area contributed by atoms with Crippen LogP contribution in [0.15, 0.2) is 54.6 Å². The summed E-state index contributed by atoms with van der Waals surface area (Å²) in [4.78, 5) is 12.6. The van der Waals surface area contributed by atoms with Crippen LogP contribution in [0.1, 0.15) is 25.0 Å². The number of anilines is 1. The van der Waals surface area contributed by atoms with E-state index in [1.54, 1.807) is 0 Å². The van der Waals surface area contributed by atoms with Crippen LogP contribution in [-0.2, 0) is 16.8 Å². The first-order valence-corrected chi connectivity index (χ1v) is 7.14. The molecule has 1 amide bonds. The van der Waals surface area contributed by atoms with Gasteiger partial charge in [-0.2, -0.15) is 0 Å². The normalized spacial score (nSPS) is 11.2.